The van der Waals surface area contributed by atoms with E-state index in [-0.39, 0.29) is 0 Å². The summed E-state index contributed by atoms with van der Waals surface area (Å²) in [7, 11) is 3.03. The molecule has 0 aliphatic rings. The van der Waals surface area contributed by atoms with E-state index in [0.29, 0.717) is 29.2 Å². The van der Waals surface area contributed by atoms with Crippen molar-refractivity contribution >= 4 is 17.6 Å². The van der Waals surface area contributed by atoms with Crippen LogP contribution >= 0.6 is 0 Å². The average molecular weight is 344 g/mol. The van der Waals surface area contributed by atoms with Gasteiger partial charge in [-0.2, -0.15) is 0 Å². The van der Waals surface area contributed by atoms with Crippen LogP contribution in [-0.4, -0.2) is 37.2 Å². The summed E-state index contributed by atoms with van der Waals surface area (Å²) >= 11 is 0. The Kier molecular flexibility index (Phi) is 6.33. The van der Waals surface area contributed by atoms with E-state index >= 15 is 0 Å². The van der Waals surface area contributed by atoms with Gasteiger partial charge in [0.15, 0.2) is 6.10 Å². The third kappa shape index (κ3) is 4.69. The van der Waals surface area contributed by atoms with Gasteiger partial charge in [-0.3, -0.25) is 9.78 Å². The molecule has 1 amide bonds. The standard InChI is InChI=1S/C18H20N2O5/c1-4-15(25-18(22)12-7-9-19-10-8-12)17(21)20-14-6-5-13(23-2)11-16(14)24-3/h5-11,15H,4H2,1-3H3,(H,20,21). The molecule has 1 atom stereocenters. The Morgan fingerprint density at radius 1 is 1.12 bits per heavy atom. The van der Waals surface area contributed by atoms with Crippen LogP contribution in [0.25, 0.3) is 0 Å². The number of anilines is 1. The smallest absolute Gasteiger partial charge is 0.339 e. The van der Waals surface area contributed by atoms with Gasteiger partial charge >= 0.3 is 5.97 Å². The van der Waals surface area contributed by atoms with Gasteiger partial charge in [-0.15, -0.1) is 0 Å². The zero-order valence-electron chi connectivity index (χ0n) is 14.3. The van der Waals surface area contributed by atoms with E-state index in [2.05, 4.69) is 10.3 Å². The number of carbonyl (C=O) groups is 2. The number of amides is 1. The molecule has 2 aromatic rings. The molecule has 1 aromatic heterocycles. The fraction of sp³-hybridized carbons (Fsp3) is 0.278. The molecule has 0 saturated carbocycles. The minimum Gasteiger partial charge on any atom is -0.497 e. The molecule has 7 heteroatoms. The largest absolute Gasteiger partial charge is 0.497 e. The first-order valence-electron chi connectivity index (χ1n) is 7.73. The summed E-state index contributed by atoms with van der Waals surface area (Å²) < 4.78 is 15.7. The fourth-order valence-corrected chi connectivity index (χ4v) is 2.12. The first kappa shape index (κ1) is 18.3. The number of carbonyl (C=O) groups excluding carboxylic acids is 2. The van der Waals surface area contributed by atoms with Crippen molar-refractivity contribution in [2.45, 2.75) is 19.4 Å². The highest BCUT2D eigenvalue weighted by molar-refractivity contribution is 5.98. The number of pyridine rings is 1. The Balaban J connectivity index is 2.08. The number of rotatable bonds is 7. The molecule has 25 heavy (non-hydrogen) atoms. The van der Waals surface area contributed by atoms with Gasteiger partial charge in [0.05, 0.1) is 25.5 Å². The number of methoxy groups -OCH3 is 2. The number of hydrogen-bond donors (Lipinski definition) is 1. The molecule has 1 aromatic carbocycles. The second-order valence-corrected chi connectivity index (χ2v) is 5.09. The molecule has 0 bridgehead atoms. The maximum Gasteiger partial charge on any atom is 0.339 e. The lowest BCUT2D eigenvalue weighted by Crippen LogP contribution is -2.32. The summed E-state index contributed by atoms with van der Waals surface area (Å²) in [6.07, 6.45) is 2.38. The van der Waals surface area contributed by atoms with Crippen molar-refractivity contribution in [2.75, 3.05) is 19.5 Å². The van der Waals surface area contributed by atoms with Crippen LogP contribution in [0.1, 0.15) is 23.7 Å². The Morgan fingerprint density at radius 3 is 2.44 bits per heavy atom. The number of hydrogen-bond acceptors (Lipinski definition) is 6. The van der Waals surface area contributed by atoms with Crippen molar-refractivity contribution in [1.29, 1.82) is 0 Å². The van der Waals surface area contributed by atoms with Gasteiger partial charge in [0.2, 0.25) is 0 Å². The molecule has 0 saturated heterocycles. The second-order valence-electron chi connectivity index (χ2n) is 5.09. The summed E-state index contributed by atoms with van der Waals surface area (Å²) in [5, 5.41) is 2.71. The van der Waals surface area contributed by atoms with Gasteiger partial charge in [-0.05, 0) is 30.7 Å². The number of esters is 1. The molecule has 7 nitrogen and oxygen atoms in total. The minimum absolute atomic E-state index is 0.334. The van der Waals surface area contributed by atoms with Crippen LogP contribution in [-0.2, 0) is 9.53 Å². The van der Waals surface area contributed by atoms with Crippen LogP contribution in [0, 0.1) is 0 Å². The van der Waals surface area contributed by atoms with E-state index in [1.807, 2.05) is 0 Å². The zero-order chi connectivity index (χ0) is 18.2. The third-order valence-corrected chi connectivity index (χ3v) is 3.50. The lowest BCUT2D eigenvalue weighted by Gasteiger charge is -2.17. The predicted octanol–water partition coefficient (Wildman–Crippen LogP) is 2.67. The Labute approximate surface area is 145 Å². The van der Waals surface area contributed by atoms with Gasteiger partial charge in [0.1, 0.15) is 11.5 Å². The van der Waals surface area contributed by atoms with Gasteiger partial charge in [0, 0.05) is 18.5 Å². The molecule has 132 valence electrons. The highest BCUT2D eigenvalue weighted by Crippen LogP contribution is 2.29. The normalized spacial score (nSPS) is 11.3. The molecule has 2 rings (SSSR count). The highest BCUT2D eigenvalue weighted by Gasteiger charge is 2.23. The number of aromatic nitrogens is 1. The van der Waals surface area contributed by atoms with Crippen LogP contribution < -0.4 is 14.8 Å². The molecule has 1 heterocycles. The lowest BCUT2D eigenvalue weighted by atomic mass is 10.2. The van der Waals surface area contributed by atoms with Crippen LogP contribution in [0.2, 0.25) is 0 Å². The zero-order valence-corrected chi connectivity index (χ0v) is 14.3. The van der Waals surface area contributed by atoms with Crippen molar-refractivity contribution in [3.63, 3.8) is 0 Å². The third-order valence-electron chi connectivity index (χ3n) is 3.50. The summed E-state index contributed by atoms with van der Waals surface area (Å²) in [5.41, 5.74) is 0.801. The first-order valence-corrected chi connectivity index (χ1v) is 7.73. The van der Waals surface area contributed by atoms with E-state index in [0.717, 1.165) is 0 Å². The van der Waals surface area contributed by atoms with E-state index < -0.39 is 18.0 Å². The molecule has 0 spiro atoms. The summed E-state index contributed by atoms with van der Waals surface area (Å²) in [4.78, 5) is 28.4. The quantitative estimate of drug-likeness (QED) is 0.777. The first-order chi connectivity index (χ1) is 12.1. The highest BCUT2D eigenvalue weighted by atomic mass is 16.5. The maximum absolute atomic E-state index is 12.4. The predicted molar refractivity (Wildman–Crippen MR) is 91.9 cm³/mol. The Hall–Kier alpha value is -3.09. The summed E-state index contributed by atoms with van der Waals surface area (Å²) in [6.45, 7) is 1.76. The number of benzene rings is 1. The van der Waals surface area contributed by atoms with Crippen LogP contribution in [0.4, 0.5) is 5.69 Å². The maximum atomic E-state index is 12.4. The minimum atomic E-state index is -0.924. The fourth-order valence-electron chi connectivity index (χ4n) is 2.12. The topological polar surface area (TPSA) is 86.8 Å². The van der Waals surface area contributed by atoms with Crippen molar-refractivity contribution in [3.05, 3.63) is 48.3 Å². The summed E-state index contributed by atoms with van der Waals surface area (Å²) in [5.74, 6) is 0.0356. The second kappa shape index (κ2) is 8.68. The number of nitrogens with zero attached hydrogens (tertiary/aromatic N) is 1. The van der Waals surface area contributed by atoms with Crippen molar-refractivity contribution in [2.24, 2.45) is 0 Å². The molecule has 1 N–H and O–H groups in total. The molecule has 0 aliphatic heterocycles. The molecule has 0 radical (unpaired) electrons. The monoisotopic (exact) mass is 344 g/mol. The molecule has 0 fully saturated rings. The van der Waals surface area contributed by atoms with Crippen molar-refractivity contribution < 1.29 is 23.8 Å². The van der Waals surface area contributed by atoms with Gasteiger partial charge in [0.25, 0.3) is 5.91 Å². The average Bonchev–Trinajstić information content (AvgIpc) is 2.66. The Morgan fingerprint density at radius 2 is 1.84 bits per heavy atom. The van der Waals surface area contributed by atoms with Gasteiger partial charge in [-0.1, -0.05) is 6.92 Å². The summed E-state index contributed by atoms with van der Waals surface area (Å²) in [6, 6.07) is 8.06. The Bertz CT molecular complexity index is 734. The van der Waals surface area contributed by atoms with E-state index in [4.69, 9.17) is 14.2 Å². The van der Waals surface area contributed by atoms with E-state index in [1.165, 1.54) is 31.6 Å². The molecular weight excluding hydrogens is 324 g/mol. The SMILES string of the molecule is CCC(OC(=O)c1ccncc1)C(=O)Nc1ccc(OC)cc1OC. The number of ether oxygens (including phenoxy) is 3. The lowest BCUT2D eigenvalue weighted by molar-refractivity contribution is -0.124. The van der Waals surface area contributed by atoms with Crippen LogP contribution in [0.3, 0.4) is 0 Å². The van der Waals surface area contributed by atoms with E-state index in [1.54, 1.807) is 32.2 Å². The molecular formula is C18H20N2O5. The van der Waals surface area contributed by atoms with Gasteiger partial charge in [-0.25, -0.2) is 4.79 Å². The van der Waals surface area contributed by atoms with Crippen molar-refractivity contribution in [1.82, 2.24) is 4.98 Å². The number of nitrogens with one attached hydrogen (secondary N) is 1. The van der Waals surface area contributed by atoms with E-state index in [9.17, 15) is 9.59 Å². The molecule has 1 unspecified atom stereocenters. The molecule has 0 aliphatic carbocycles. The van der Waals surface area contributed by atoms with Gasteiger partial charge < -0.3 is 19.5 Å². The van der Waals surface area contributed by atoms with Crippen LogP contribution in [0.15, 0.2) is 42.7 Å². The van der Waals surface area contributed by atoms with Crippen molar-refractivity contribution in [3.8, 4) is 11.5 Å². The van der Waals surface area contributed by atoms with Crippen LogP contribution in [0.5, 0.6) is 11.5 Å².